The second-order valence-corrected chi connectivity index (χ2v) is 1.38. The summed E-state index contributed by atoms with van der Waals surface area (Å²) in [6.45, 7) is 2.25. The molecule has 0 bridgehead atoms. The first-order valence-electron chi connectivity index (χ1n) is 2.13. The molecule has 0 aromatic heterocycles. The molecule has 0 aliphatic carbocycles. The zero-order valence-electron chi connectivity index (χ0n) is 3.78. The number of hydrogen-bond acceptors (Lipinski definition) is 0. The van der Waals surface area contributed by atoms with Gasteiger partial charge in [0.25, 0.3) is 0 Å². The van der Waals surface area contributed by atoms with Crippen molar-refractivity contribution >= 4 is 0 Å². The van der Waals surface area contributed by atoms with E-state index in [4.69, 9.17) is 0 Å². The van der Waals surface area contributed by atoms with Crippen LogP contribution in [-0.4, -0.2) is 13.1 Å². The van der Waals surface area contributed by atoms with E-state index in [9.17, 15) is 0 Å². The van der Waals surface area contributed by atoms with E-state index in [0.29, 0.717) is 0 Å². The van der Waals surface area contributed by atoms with E-state index in [1.165, 1.54) is 12.8 Å². The van der Waals surface area contributed by atoms with E-state index in [1.54, 1.807) is 0 Å². The largest absolute Gasteiger partial charge is 0.662 e. The average molecular weight is 118 g/mol. The van der Waals surface area contributed by atoms with Gasteiger partial charge in [-0.15, -0.1) is 13.1 Å². The third-order valence-electron chi connectivity index (χ3n) is 0.882. The first-order valence-corrected chi connectivity index (χ1v) is 2.13. The Labute approximate surface area is 53.4 Å². The summed E-state index contributed by atoms with van der Waals surface area (Å²) in [6, 6.07) is 0. The van der Waals surface area contributed by atoms with Crippen LogP contribution in [0, 0.1) is 0 Å². The number of hydrogen-bond donors (Lipinski definition) is 0. The van der Waals surface area contributed by atoms with Crippen molar-refractivity contribution in [1.29, 1.82) is 0 Å². The molecule has 0 unspecified atom stereocenters. The van der Waals surface area contributed by atoms with Crippen LogP contribution in [0.3, 0.4) is 0 Å². The van der Waals surface area contributed by atoms with Gasteiger partial charge in [-0.05, 0) is 0 Å². The van der Waals surface area contributed by atoms with Gasteiger partial charge in [0.15, 0.2) is 0 Å². The molecule has 0 aromatic rings. The van der Waals surface area contributed by atoms with E-state index >= 15 is 0 Å². The molecule has 0 radical (unpaired) electrons. The first kappa shape index (κ1) is 6.67. The van der Waals surface area contributed by atoms with E-state index in [2.05, 4.69) is 5.32 Å². The molecule has 1 heterocycles. The molecule has 6 heavy (non-hydrogen) atoms. The normalized spacial score (nSPS) is 20.0. The van der Waals surface area contributed by atoms with Gasteiger partial charge in [0.05, 0.1) is 0 Å². The second-order valence-electron chi connectivity index (χ2n) is 1.38. The Hall–Kier alpha value is 0.674. The smallest absolute Gasteiger partial charge is 0 e. The zero-order valence-corrected chi connectivity index (χ0v) is 5.34. The van der Waals surface area contributed by atoms with Crippen molar-refractivity contribution in [1.82, 2.24) is 0 Å². The Morgan fingerprint density at radius 3 is 1.67 bits per heavy atom. The van der Waals surface area contributed by atoms with Crippen molar-refractivity contribution in [2.75, 3.05) is 13.1 Å². The average Bonchev–Trinajstić information content (AvgIpc) is 1.76. The molecule has 0 spiro atoms. The first-order chi connectivity index (χ1) is 2.50. The minimum absolute atomic E-state index is 0. The van der Waals surface area contributed by atoms with Gasteiger partial charge in [-0.25, -0.2) is 0 Å². The Kier molecular flexibility index (Phi) is 4.28. The van der Waals surface area contributed by atoms with Crippen molar-refractivity contribution in [2.24, 2.45) is 0 Å². The topological polar surface area (TPSA) is 14.1 Å². The van der Waals surface area contributed by atoms with E-state index in [1.807, 2.05) is 0 Å². The summed E-state index contributed by atoms with van der Waals surface area (Å²) in [5.41, 5.74) is 0. The van der Waals surface area contributed by atoms with Gasteiger partial charge < -0.3 is 5.32 Å². The van der Waals surface area contributed by atoms with Crippen molar-refractivity contribution in [2.45, 2.75) is 12.8 Å². The van der Waals surface area contributed by atoms with Gasteiger partial charge in [0.2, 0.25) is 0 Å². The molecule has 1 saturated heterocycles. The Morgan fingerprint density at radius 1 is 1.00 bits per heavy atom. The number of rotatable bonds is 0. The molecule has 0 N–H and O–H groups in total. The third kappa shape index (κ3) is 1.96. The van der Waals surface area contributed by atoms with Crippen LogP contribution in [0.1, 0.15) is 12.8 Å². The maximum absolute atomic E-state index is 4.08. The monoisotopic (exact) mass is 118 g/mol. The van der Waals surface area contributed by atoms with Gasteiger partial charge in [-0.3, -0.25) is 0 Å². The minimum atomic E-state index is 0. The van der Waals surface area contributed by atoms with Gasteiger partial charge in [0, 0.05) is 21.7 Å². The molecule has 0 aromatic carbocycles. The van der Waals surface area contributed by atoms with Crippen LogP contribution in [0.2, 0.25) is 0 Å². The molecule has 0 amide bonds. The van der Waals surface area contributed by atoms with Crippen LogP contribution in [0.15, 0.2) is 0 Å². The van der Waals surface area contributed by atoms with Gasteiger partial charge >= 0.3 is 0 Å². The van der Waals surface area contributed by atoms with Crippen molar-refractivity contribution in [3.63, 3.8) is 0 Å². The van der Waals surface area contributed by atoms with E-state index < -0.39 is 0 Å². The molecule has 34 valence electrons. The summed E-state index contributed by atoms with van der Waals surface area (Å²) in [5, 5.41) is 4.08. The van der Waals surface area contributed by atoms with Crippen LogP contribution in [-0.2, 0) is 21.7 Å². The molecular formula is C4H8NTi-. The standard InChI is InChI=1S/C4H8N.Ti/c1-2-4-5-3-1;/h1-4H2;/q-1;. The molecule has 1 aliphatic rings. The Bertz CT molecular complexity index is 19.1. The predicted octanol–water partition coefficient (Wildman–Crippen LogP) is 1.15. The molecule has 1 nitrogen and oxygen atoms in total. The molecule has 0 saturated carbocycles. The summed E-state index contributed by atoms with van der Waals surface area (Å²) in [6.07, 6.45) is 2.67. The second kappa shape index (κ2) is 3.85. The van der Waals surface area contributed by atoms with Crippen molar-refractivity contribution in [3.05, 3.63) is 5.32 Å². The van der Waals surface area contributed by atoms with Crippen LogP contribution in [0.5, 0.6) is 0 Å². The molecule has 1 rings (SSSR count). The summed E-state index contributed by atoms with van der Waals surface area (Å²) < 4.78 is 0. The molecule has 2 heteroatoms. The Balaban J connectivity index is 0.000000250. The minimum Gasteiger partial charge on any atom is -0.662 e. The van der Waals surface area contributed by atoms with Gasteiger partial charge in [-0.2, -0.15) is 0 Å². The van der Waals surface area contributed by atoms with E-state index in [0.717, 1.165) is 13.1 Å². The fourth-order valence-electron chi connectivity index (χ4n) is 0.559. The zero-order chi connectivity index (χ0) is 3.54. The van der Waals surface area contributed by atoms with Crippen molar-refractivity contribution in [3.8, 4) is 0 Å². The van der Waals surface area contributed by atoms with E-state index in [-0.39, 0.29) is 21.7 Å². The fourth-order valence-corrected chi connectivity index (χ4v) is 0.559. The quantitative estimate of drug-likeness (QED) is 0.423. The SMILES string of the molecule is C1CC[N-]C1.[Ti]. The van der Waals surface area contributed by atoms with Crippen LogP contribution in [0.4, 0.5) is 0 Å². The van der Waals surface area contributed by atoms with Crippen LogP contribution in [0.25, 0.3) is 5.32 Å². The van der Waals surface area contributed by atoms with Crippen LogP contribution < -0.4 is 0 Å². The number of nitrogens with zero attached hydrogens (tertiary/aromatic N) is 1. The molecule has 1 fully saturated rings. The molecule has 0 atom stereocenters. The van der Waals surface area contributed by atoms with Gasteiger partial charge in [0.1, 0.15) is 0 Å². The maximum atomic E-state index is 4.08. The summed E-state index contributed by atoms with van der Waals surface area (Å²) in [4.78, 5) is 0. The third-order valence-corrected chi connectivity index (χ3v) is 0.882. The summed E-state index contributed by atoms with van der Waals surface area (Å²) in [5.74, 6) is 0. The Morgan fingerprint density at radius 2 is 1.50 bits per heavy atom. The van der Waals surface area contributed by atoms with Crippen molar-refractivity contribution < 1.29 is 21.7 Å². The summed E-state index contributed by atoms with van der Waals surface area (Å²) >= 11 is 0. The summed E-state index contributed by atoms with van der Waals surface area (Å²) in [7, 11) is 0. The fraction of sp³-hybridized carbons (Fsp3) is 1.00. The molecular weight excluding hydrogens is 110 g/mol. The van der Waals surface area contributed by atoms with Crippen LogP contribution >= 0.6 is 0 Å². The molecule has 1 aliphatic heterocycles. The predicted molar refractivity (Wildman–Crippen MR) is 22.3 cm³/mol. The van der Waals surface area contributed by atoms with Gasteiger partial charge in [-0.1, -0.05) is 12.8 Å². The maximum Gasteiger partial charge on any atom is 0 e.